The van der Waals surface area contributed by atoms with Crippen molar-refractivity contribution in [2.24, 2.45) is 56.3 Å². The predicted octanol–water partition coefficient (Wildman–Crippen LogP) is 23.3. The molecule has 0 amide bonds. The average Bonchev–Trinajstić information content (AvgIpc) is 3.43. The highest BCUT2D eigenvalue weighted by atomic mass is 19.2. The Labute approximate surface area is 450 Å². The Morgan fingerprint density at radius 1 is 0.272 bits per heavy atom. The lowest BCUT2D eigenvalue weighted by atomic mass is 10.1. The number of benzene rings is 6. The summed E-state index contributed by atoms with van der Waals surface area (Å²) in [5.74, 6) is -7.22. The maximum absolute atomic E-state index is 13.2. The van der Waals surface area contributed by atoms with Gasteiger partial charge in [-0.05, 0) is 181 Å². The van der Waals surface area contributed by atoms with Gasteiger partial charge in [0, 0.05) is 105 Å². The first-order valence-electron chi connectivity index (χ1n) is 21.3. The maximum atomic E-state index is 13.2. The Morgan fingerprint density at radius 2 is 0.642 bits per heavy atom. The first-order chi connectivity index (χ1) is 38.7. The van der Waals surface area contributed by atoms with Crippen molar-refractivity contribution in [3.63, 3.8) is 0 Å². The van der Waals surface area contributed by atoms with Crippen molar-refractivity contribution in [1.29, 1.82) is 0 Å². The molecular weight excluding hydrogens is 1070 g/mol. The highest BCUT2D eigenvalue weighted by Gasteiger charge is 2.22. The molecular formula is C43H34F5N33. The Balaban J connectivity index is 0.000000486. The SMILES string of the molecule is Cc1c(F)c(F)c(N=[N+]=[N-])c(F)c1F.Cc1cc(F)c(N=[N+]=[N-])c(N=[N+]=[N-])c1.Cc1cc(N=[N+]=[N-])c(C)c(N=[N+]=[N-])c1.Cc1cc(N=[N+]=[N-])cc(N=[N+]=[N-])c1.Cc1ccc(N=[N+]=[N-])c(N=[N+]=[N-])c1.Cc1ccc(N=[N+]=[N-])cc1N=[N+]=[N-]. The van der Waals surface area contributed by atoms with E-state index in [0.717, 1.165) is 29.2 Å². The highest BCUT2D eigenvalue weighted by Crippen LogP contribution is 2.34. The van der Waals surface area contributed by atoms with Crippen molar-refractivity contribution in [3.8, 4) is 0 Å². The van der Waals surface area contributed by atoms with Gasteiger partial charge in [-0.3, -0.25) is 0 Å². The molecule has 0 aliphatic carbocycles. The monoisotopic (exact) mass is 1110 g/mol. The minimum atomic E-state index is -1.70. The van der Waals surface area contributed by atoms with E-state index in [-0.39, 0.29) is 11.4 Å². The smallest absolute Gasteiger partial charge is 0.171 e. The van der Waals surface area contributed by atoms with Gasteiger partial charge in [-0.2, -0.15) is 0 Å². The van der Waals surface area contributed by atoms with Gasteiger partial charge in [-0.25, -0.2) is 22.0 Å². The van der Waals surface area contributed by atoms with Crippen LogP contribution in [0.5, 0.6) is 0 Å². The Hall–Kier alpha value is -12.6. The molecule has 0 aromatic heterocycles. The normalized spacial score (nSPS) is 8.74. The van der Waals surface area contributed by atoms with Crippen LogP contribution in [0.2, 0.25) is 0 Å². The summed E-state index contributed by atoms with van der Waals surface area (Å²) >= 11 is 0. The van der Waals surface area contributed by atoms with Gasteiger partial charge in [0.2, 0.25) is 0 Å². The van der Waals surface area contributed by atoms with Crippen molar-refractivity contribution >= 4 is 62.6 Å². The summed E-state index contributed by atoms with van der Waals surface area (Å²) in [7, 11) is 0. The topological polar surface area (TPSA) is 536 Å². The Kier molecular flexibility index (Phi) is 29.1. The zero-order valence-corrected chi connectivity index (χ0v) is 42.7. The van der Waals surface area contributed by atoms with E-state index in [4.69, 9.17) is 60.8 Å². The average molecular weight is 1110 g/mol. The second-order valence-corrected chi connectivity index (χ2v) is 14.8. The minimum absolute atomic E-state index is 0.0113. The van der Waals surface area contributed by atoms with E-state index in [2.05, 4.69) is 110 Å². The van der Waals surface area contributed by atoms with Gasteiger partial charge in [0.05, 0.1) is 11.4 Å². The molecule has 0 heterocycles. The number of aryl methyl sites for hydroxylation is 5. The second kappa shape index (κ2) is 35.6. The molecule has 406 valence electrons. The Morgan fingerprint density at radius 3 is 1.12 bits per heavy atom. The van der Waals surface area contributed by atoms with Crippen molar-refractivity contribution in [2.45, 2.75) is 48.5 Å². The van der Waals surface area contributed by atoms with Crippen LogP contribution in [0.1, 0.15) is 38.9 Å². The van der Waals surface area contributed by atoms with E-state index in [0.29, 0.717) is 56.6 Å². The van der Waals surface area contributed by atoms with Crippen LogP contribution in [-0.2, 0) is 0 Å². The zero-order valence-electron chi connectivity index (χ0n) is 42.7. The summed E-state index contributed by atoms with van der Waals surface area (Å²) in [4.78, 5) is 28.2. The molecule has 6 aromatic carbocycles. The van der Waals surface area contributed by atoms with Crippen LogP contribution in [0.25, 0.3) is 115 Å². The number of hydrogen-bond donors (Lipinski definition) is 0. The summed E-state index contributed by atoms with van der Waals surface area (Å²) in [6, 6.07) is 21.0. The predicted molar refractivity (Wildman–Crippen MR) is 288 cm³/mol. The third kappa shape index (κ3) is 22.0. The van der Waals surface area contributed by atoms with Gasteiger partial charge in [0.25, 0.3) is 0 Å². The van der Waals surface area contributed by atoms with Gasteiger partial charge >= 0.3 is 0 Å². The number of halogens is 5. The lowest BCUT2D eigenvalue weighted by molar-refractivity contribution is 0.448. The first kappa shape index (κ1) is 66.4. The summed E-state index contributed by atoms with van der Waals surface area (Å²) in [5.41, 5.74) is 96.0. The van der Waals surface area contributed by atoms with Crippen LogP contribution in [0.15, 0.2) is 135 Å². The van der Waals surface area contributed by atoms with Crippen LogP contribution >= 0.6 is 0 Å². The molecule has 0 bridgehead atoms. The van der Waals surface area contributed by atoms with E-state index >= 15 is 0 Å². The molecule has 0 atom stereocenters. The van der Waals surface area contributed by atoms with Gasteiger partial charge in [0.1, 0.15) is 11.5 Å². The summed E-state index contributed by atoms with van der Waals surface area (Å²) < 4.78 is 64.4. The quantitative estimate of drug-likeness (QED) is 0.0384. The molecule has 0 unspecified atom stereocenters. The number of hydrogen-bond acceptors (Lipinski definition) is 11. The minimum Gasteiger partial charge on any atom is -0.206 e. The molecule has 0 saturated carbocycles. The molecule has 81 heavy (non-hydrogen) atoms. The second-order valence-electron chi connectivity index (χ2n) is 14.8. The van der Waals surface area contributed by atoms with E-state index in [1.807, 2.05) is 27.7 Å². The highest BCUT2D eigenvalue weighted by molar-refractivity contribution is 5.64. The lowest BCUT2D eigenvalue weighted by Gasteiger charge is -2.04. The van der Waals surface area contributed by atoms with Crippen LogP contribution in [0.3, 0.4) is 0 Å². The van der Waals surface area contributed by atoms with Crippen LogP contribution in [-0.4, -0.2) is 0 Å². The van der Waals surface area contributed by atoms with Gasteiger partial charge < -0.3 is 0 Å². The van der Waals surface area contributed by atoms with E-state index in [1.165, 1.54) is 24.3 Å². The molecule has 6 rings (SSSR count). The summed E-state index contributed by atoms with van der Waals surface area (Å²) in [5, 5.41) is 36.3. The van der Waals surface area contributed by atoms with Crippen LogP contribution in [0.4, 0.5) is 84.5 Å². The van der Waals surface area contributed by atoms with Crippen LogP contribution in [0, 0.1) is 77.6 Å². The van der Waals surface area contributed by atoms with Gasteiger partial charge in [-0.15, -0.1) is 0 Å². The third-order valence-electron chi connectivity index (χ3n) is 9.20. The van der Waals surface area contributed by atoms with Gasteiger partial charge in [0.15, 0.2) is 23.3 Å². The molecule has 33 nitrogen and oxygen atoms in total. The maximum Gasteiger partial charge on any atom is 0.171 e. The molecule has 0 N–H and O–H groups in total. The standard InChI is InChI=1S/C8H8N6.C7H3F4N3.C7H5FN6.3C7H6N6/c1-5-3-7(11-13-9)6(2)8(4-5)12-14-10;1-2-3(8)5(10)7(13-14-12)6(11)4(2)9;1-4-2-5(8)7(12-14-10)6(3-4)11-13-9;1-5-2-6(10-12-8)4-7(3-5)11-13-9;1-5-2-3-6(10-12-8)4-7(5)11-13-9;1-5-2-3-6(10-12-8)7(4-5)11-13-9/h3-4H,1-2H3;1H3;2-3H,1H3;3*2-4H,1H3. The number of nitrogens with zero attached hydrogens (tertiary/aromatic N) is 33. The van der Waals surface area contributed by atoms with Gasteiger partial charge in [-0.1, -0.05) is 97.2 Å². The molecule has 0 saturated heterocycles. The first-order valence-corrected chi connectivity index (χ1v) is 21.3. The fraction of sp³-hybridized carbons (Fsp3) is 0.163. The van der Waals surface area contributed by atoms with Crippen molar-refractivity contribution < 1.29 is 22.0 Å². The molecule has 0 radical (unpaired) electrons. The number of rotatable bonds is 11. The Bertz CT molecular complexity index is 3780. The molecule has 0 spiro atoms. The third-order valence-corrected chi connectivity index (χ3v) is 9.20. The molecule has 38 heteroatoms. The fourth-order valence-corrected chi connectivity index (χ4v) is 5.70. The number of azide groups is 11. The van der Waals surface area contributed by atoms with Crippen LogP contribution < -0.4 is 0 Å². The molecule has 6 aromatic rings. The van der Waals surface area contributed by atoms with Crippen molar-refractivity contribution in [3.05, 3.63) is 262 Å². The van der Waals surface area contributed by atoms with E-state index < -0.39 is 40.3 Å². The molecule has 0 aliphatic heterocycles. The van der Waals surface area contributed by atoms with E-state index in [1.54, 1.807) is 68.4 Å². The lowest BCUT2D eigenvalue weighted by Crippen LogP contribution is -1.99. The summed E-state index contributed by atoms with van der Waals surface area (Å²) in [6.07, 6.45) is 0. The largest absolute Gasteiger partial charge is 0.206 e. The van der Waals surface area contributed by atoms with E-state index in [9.17, 15) is 22.0 Å². The molecule has 0 fully saturated rings. The zero-order chi connectivity index (χ0) is 61.0. The van der Waals surface area contributed by atoms with Crippen molar-refractivity contribution in [2.75, 3.05) is 0 Å². The molecule has 0 aliphatic rings. The fourth-order valence-electron chi connectivity index (χ4n) is 5.70. The summed E-state index contributed by atoms with van der Waals surface area (Å²) in [6.45, 7) is 11.6. The van der Waals surface area contributed by atoms with Crippen molar-refractivity contribution in [1.82, 2.24) is 0 Å².